The number of nitrogens with zero attached hydrogens (tertiary/aromatic N) is 2. The second-order valence-corrected chi connectivity index (χ2v) is 11.0. The Morgan fingerprint density at radius 3 is 2.31 bits per heavy atom. The molecule has 0 spiro atoms. The summed E-state index contributed by atoms with van der Waals surface area (Å²) in [5, 5.41) is 2.92. The Morgan fingerprint density at radius 2 is 1.72 bits per heavy atom. The van der Waals surface area contributed by atoms with Crippen LogP contribution in [0.3, 0.4) is 0 Å². The molecule has 1 aromatic heterocycles. The van der Waals surface area contributed by atoms with Crippen molar-refractivity contribution in [2.75, 3.05) is 39.2 Å². The summed E-state index contributed by atoms with van der Waals surface area (Å²) in [6.07, 6.45) is 2.26. The quantitative estimate of drug-likeness (QED) is 0.248. The van der Waals surface area contributed by atoms with Crippen LogP contribution in [0, 0.1) is 6.92 Å². The molecule has 0 aliphatic rings. The van der Waals surface area contributed by atoms with Crippen LogP contribution in [0.4, 0.5) is 10.5 Å². The van der Waals surface area contributed by atoms with Crippen molar-refractivity contribution in [1.82, 2.24) is 9.80 Å². The maximum Gasteiger partial charge on any atom is 0.322 e. The van der Waals surface area contributed by atoms with E-state index in [-0.39, 0.29) is 25.0 Å². The maximum atomic E-state index is 13.6. The van der Waals surface area contributed by atoms with Crippen molar-refractivity contribution in [3.8, 4) is 11.5 Å². The lowest BCUT2D eigenvalue weighted by Crippen LogP contribution is -2.44. The molecule has 0 aliphatic heterocycles. The standard InChI is InChI=1S/C31H39N3O4S/c1-7-17-34(31(36)32-26-12-10-25(11-13-26)22(2)3)21-30(35)33(20-27-14-8-23(4)39-27)18-16-24-9-15-28(37-5)29(19-24)38-6/h7-15,19,22H,1,16-18,20-21H2,2-6H3,(H,32,36). The fraction of sp³-hybridized carbons (Fsp3) is 0.355. The van der Waals surface area contributed by atoms with Crippen LogP contribution >= 0.6 is 11.3 Å². The summed E-state index contributed by atoms with van der Waals surface area (Å²) >= 11 is 1.67. The van der Waals surface area contributed by atoms with Gasteiger partial charge in [-0.2, -0.15) is 0 Å². The molecule has 0 atom stereocenters. The van der Waals surface area contributed by atoms with Crippen LogP contribution in [0.2, 0.25) is 0 Å². The van der Waals surface area contributed by atoms with Crippen LogP contribution in [0.1, 0.15) is 40.6 Å². The van der Waals surface area contributed by atoms with Crippen molar-refractivity contribution in [1.29, 1.82) is 0 Å². The largest absolute Gasteiger partial charge is 0.493 e. The van der Waals surface area contributed by atoms with Gasteiger partial charge in [-0.05, 0) is 66.8 Å². The van der Waals surface area contributed by atoms with Gasteiger partial charge in [0.25, 0.3) is 0 Å². The van der Waals surface area contributed by atoms with E-state index in [1.165, 1.54) is 15.3 Å². The molecule has 0 saturated carbocycles. The zero-order valence-corrected chi connectivity index (χ0v) is 24.3. The number of thiophene rings is 1. The number of rotatable bonds is 13. The minimum atomic E-state index is -0.340. The molecule has 3 rings (SSSR count). The third kappa shape index (κ3) is 8.61. The van der Waals surface area contributed by atoms with Gasteiger partial charge in [-0.15, -0.1) is 17.9 Å². The zero-order valence-electron chi connectivity index (χ0n) is 23.5. The number of anilines is 1. The molecule has 7 nitrogen and oxygen atoms in total. The molecule has 208 valence electrons. The zero-order chi connectivity index (χ0) is 28.4. The first kappa shape index (κ1) is 29.8. The summed E-state index contributed by atoms with van der Waals surface area (Å²) < 4.78 is 10.8. The number of carbonyl (C=O) groups is 2. The molecule has 0 fully saturated rings. The first-order valence-corrected chi connectivity index (χ1v) is 13.9. The molecule has 0 unspecified atom stereocenters. The molecule has 3 aromatic rings. The van der Waals surface area contributed by atoms with Crippen molar-refractivity contribution in [3.05, 3.63) is 88.1 Å². The molecular formula is C31H39N3O4S. The highest BCUT2D eigenvalue weighted by molar-refractivity contribution is 7.11. The van der Waals surface area contributed by atoms with Gasteiger partial charge in [-0.25, -0.2) is 4.79 Å². The van der Waals surface area contributed by atoms with Gasteiger partial charge in [0, 0.05) is 28.5 Å². The van der Waals surface area contributed by atoms with Crippen LogP contribution in [0.25, 0.3) is 0 Å². The maximum absolute atomic E-state index is 13.6. The first-order chi connectivity index (χ1) is 18.7. The molecule has 0 bridgehead atoms. The van der Waals surface area contributed by atoms with Crippen LogP contribution in [0.5, 0.6) is 11.5 Å². The number of aryl methyl sites for hydroxylation is 1. The summed E-state index contributed by atoms with van der Waals surface area (Å²) in [7, 11) is 3.21. The second-order valence-electron chi connectivity index (χ2n) is 9.64. The number of amides is 3. The minimum Gasteiger partial charge on any atom is -0.493 e. The predicted molar refractivity (Wildman–Crippen MR) is 159 cm³/mol. The average molecular weight is 550 g/mol. The van der Waals surface area contributed by atoms with Crippen molar-refractivity contribution in [2.24, 2.45) is 0 Å². The van der Waals surface area contributed by atoms with Crippen LogP contribution in [-0.2, 0) is 17.8 Å². The predicted octanol–water partition coefficient (Wildman–Crippen LogP) is 6.49. The fourth-order valence-corrected chi connectivity index (χ4v) is 5.05. The molecule has 1 heterocycles. The molecule has 3 amide bonds. The molecule has 1 N–H and O–H groups in total. The van der Waals surface area contributed by atoms with Crippen LogP contribution < -0.4 is 14.8 Å². The van der Waals surface area contributed by atoms with Gasteiger partial charge < -0.3 is 24.6 Å². The van der Waals surface area contributed by atoms with Crippen molar-refractivity contribution < 1.29 is 19.1 Å². The molecular weight excluding hydrogens is 510 g/mol. The SMILES string of the molecule is C=CCN(CC(=O)N(CCc1ccc(OC)c(OC)c1)Cc1ccc(C)s1)C(=O)Nc1ccc(C(C)C)cc1. The topological polar surface area (TPSA) is 71.1 Å². The number of ether oxygens (including phenoxy) is 2. The third-order valence-electron chi connectivity index (χ3n) is 6.41. The van der Waals surface area contributed by atoms with E-state index in [4.69, 9.17) is 9.47 Å². The highest BCUT2D eigenvalue weighted by Crippen LogP contribution is 2.28. The van der Waals surface area contributed by atoms with E-state index in [2.05, 4.69) is 31.8 Å². The van der Waals surface area contributed by atoms with Gasteiger partial charge in [0.05, 0.1) is 20.8 Å². The summed E-state index contributed by atoms with van der Waals surface area (Å²) in [5.41, 5.74) is 2.91. The van der Waals surface area contributed by atoms with Gasteiger partial charge in [-0.1, -0.05) is 38.1 Å². The smallest absolute Gasteiger partial charge is 0.322 e. The Bertz CT molecular complexity index is 1250. The van der Waals surface area contributed by atoms with E-state index in [1.807, 2.05) is 60.4 Å². The van der Waals surface area contributed by atoms with Crippen molar-refractivity contribution >= 4 is 29.0 Å². The van der Waals surface area contributed by atoms with E-state index in [9.17, 15) is 9.59 Å². The minimum absolute atomic E-state index is 0.0573. The van der Waals surface area contributed by atoms with E-state index in [0.717, 1.165) is 10.4 Å². The highest BCUT2D eigenvalue weighted by atomic mass is 32.1. The Morgan fingerprint density at radius 1 is 1.00 bits per heavy atom. The molecule has 39 heavy (non-hydrogen) atoms. The van der Waals surface area contributed by atoms with Crippen LogP contribution in [0.15, 0.2) is 67.3 Å². The van der Waals surface area contributed by atoms with E-state index in [0.29, 0.717) is 42.6 Å². The number of benzene rings is 2. The number of hydrogen-bond acceptors (Lipinski definition) is 5. The van der Waals surface area contributed by atoms with Gasteiger partial charge in [0.2, 0.25) is 5.91 Å². The Hall–Kier alpha value is -3.78. The number of urea groups is 1. The third-order valence-corrected chi connectivity index (χ3v) is 7.39. The Balaban J connectivity index is 1.73. The summed E-state index contributed by atoms with van der Waals surface area (Å²) in [5.74, 6) is 1.58. The monoisotopic (exact) mass is 549 g/mol. The Kier molecular flexibility index (Phi) is 11.0. The lowest BCUT2D eigenvalue weighted by molar-refractivity contribution is -0.132. The molecule has 0 saturated heterocycles. The summed E-state index contributed by atoms with van der Waals surface area (Å²) in [6, 6.07) is 17.3. The lowest BCUT2D eigenvalue weighted by Gasteiger charge is -2.27. The van der Waals surface area contributed by atoms with Crippen LogP contribution in [-0.4, -0.2) is 55.6 Å². The summed E-state index contributed by atoms with van der Waals surface area (Å²) in [6.45, 7) is 11.2. The van der Waals surface area contributed by atoms with Gasteiger partial charge in [0.1, 0.15) is 6.54 Å². The second kappa shape index (κ2) is 14.4. The van der Waals surface area contributed by atoms with Crippen molar-refractivity contribution in [3.63, 3.8) is 0 Å². The van der Waals surface area contributed by atoms with E-state index in [1.54, 1.807) is 31.6 Å². The van der Waals surface area contributed by atoms with Gasteiger partial charge in [0.15, 0.2) is 11.5 Å². The average Bonchev–Trinajstić information content (AvgIpc) is 3.35. The first-order valence-electron chi connectivity index (χ1n) is 13.0. The molecule has 0 aliphatic carbocycles. The summed E-state index contributed by atoms with van der Waals surface area (Å²) in [4.78, 5) is 32.3. The van der Waals surface area contributed by atoms with Crippen molar-refractivity contribution in [2.45, 2.75) is 39.7 Å². The van der Waals surface area contributed by atoms with Gasteiger partial charge >= 0.3 is 6.03 Å². The number of methoxy groups -OCH3 is 2. The lowest BCUT2D eigenvalue weighted by atomic mass is 10.0. The highest BCUT2D eigenvalue weighted by Gasteiger charge is 2.22. The molecule has 0 radical (unpaired) electrons. The molecule has 8 heteroatoms. The normalized spacial score (nSPS) is 10.7. The van der Waals surface area contributed by atoms with E-state index >= 15 is 0 Å². The van der Waals surface area contributed by atoms with Gasteiger partial charge in [-0.3, -0.25) is 4.79 Å². The van der Waals surface area contributed by atoms with E-state index < -0.39 is 0 Å². The number of nitrogens with one attached hydrogen (secondary N) is 1. The molecule has 2 aromatic carbocycles. The fourth-order valence-electron chi connectivity index (χ4n) is 4.14. The Labute approximate surface area is 236 Å². The number of carbonyl (C=O) groups excluding carboxylic acids is 2. The number of hydrogen-bond donors (Lipinski definition) is 1.